The second-order valence-corrected chi connectivity index (χ2v) is 1.54. The second kappa shape index (κ2) is 5.01. The number of carbonyl (C=O) groups is 1. The third-order valence-electron chi connectivity index (χ3n) is 0.915. The van der Waals surface area contributed by atoms with E-state index < -0.39 is 12.3 Å². The van der Waals surface area contributed by atoms with Crippen LogP contribution in [0.4, 0.5) is 4.79 Å². The van der Waals surface area contributed by atoms with Gasteiger partial charge in [0.15, 0.2) is 6.23 Å². The minimum Gasteiger partial charge on any atom is -0.453 e. The maximum absolute atomic E-state index is 10.4. The Morgan fingerprint density at radius 3 is 2.60 bits per heavy atom. The smallest absolute Gasteiger partial charge is 0.408 e. The van der Waals surface area contributed by atoms with Gasteiger partial charge in [0.05, 0.1) is 13.7 Å². The number of nitrogens with one attached hydrogen (secondary N) is 1. The van der Waals surface area contributed by atoms with Crippen molar-refractivity contribution in [3.8, 4) is 0 Å². The number of hydrogen-bond donors (Lipinski definition) is 2. The summed E-state index contributed by atoms with van der Waals surface area (Å²) in [5.41, 5.74) is 0. The average molecular weight is 149 g/mol. The van der Waals surface area contributed by atoms with Crippen molar-refractivity contribution in [1.29, 1.82) is 0 Å². The van der Waals surface area contributed by atoms with Gasteiger partial charge in [-0.05, 0) is 0 Å². The zero-order valence-electron chi connectivity index (χ0n) is 5.96. The number of alkyl carbamates (subject to hydrolysis) is 1. The van der Waals surface area contributed by atoms with Crippen molar-refractivity contribution < 1.29 is 19.4 Å². The normalized spacial score (nSPS) is 12.3. The van der Waals surface area contributed by atoms with E-state index in [0.29, 0.717) is 0 Å². The molecule has 0 fully saturated rings. The van der Waals surface area contributed by atoms with Crippen molar-refractivity contribution in [3.05, 3.63) is 0 Å². The van der Waals surface area contributed by atoms with Crippen LogP contribution in [0, 0.1) is 0 Å². The molecule has 0 saturated carbocycles. The number of methoxy groups -OCH3 is 2. The standard InChI is InChI=1S/C5H11NO4/c1-9-4(3-7)6-5(8)10-2/h4,7H,3H2,1-2H3,(H,6,8). The van der Waals surface area contributed by atoms with Crippen LogP contribution < -0.4 is 5.32 Å². The van der Waals surface area contributed by atoms with Gasteiger partial charge in [-0.1, -0.05) is 0 Å². The van der Waals surface area contributed by atoms with Crippen LogP contribution >= 0.6 is 0 Å². The Bertz CT molecular complexity index is 102. The van der Waals surface area contributed by atoms with Gasteiger partial charge < -0.3 is 14.6 Å². The lowest BCUT2D eigenvalue weighted by Crippen LogP contribution is -2.38. The van der Waals surface area contributed by atoms with Crippen molar-refractivity contribution in [1.82, 2.24) is 5.32 Å². The van der Waals surface area contributed by atoms with Gasteiger partial charge in [0.2, 0.25) is 0 Å². The highest BCUT2D eigenvalue weighted by atomic mass is 16.6. The predicted octanol–water partition coefficient (Wildman–Crippen LogP) is -0.693. The van der Waals surface area contributed by atoms with E-state index in [-0.39, 0.29) is 6.61 Å². The number of aliphatic hydroxyl groups excluding tert-OH is 1. The molecule has 0 spiro atoms. The maximum Gasteiger partial charge on any atom is 0.408 e. The fraction of sp³-hybridized carbons (Fsp3) is 0.800. The molecular weight excluding hydrogens is 138 g/mol. The van der Waals surface area contributed by atoms with Crippen LogP contribution in [0.1, 0.15) is 0 Å². The minimum absolute atomic E-state index is 0.272. The first-order valence-corrected chi connectivity index (χ1v) is 2.72. The molecule has 60 valence electrons. The van der Waals surface area contributed by atoms with Gasteiger partial charge in [-0.15, -0.1) is 0 Å². The lowest BCUT2D eigenvalue weighted by atomic mass is 10.6. The molecule has 0 heterocycles. The van der Waals surface area contributed by atoms with Crippen molar-refractivity contribution in [2.75, 3.05) is 20.8 Å². The quantitative estimate of drug-likeness (QED) is 0.521. The monoisotopic (exact) mass is 149 g/mol. The largest absolute Gasteiger partial charge is 0.453 e. The highest BCUT2D eigenvalue weighted by Gasteiger charge is 2.07. The predicted molar refractivity (Wildman–Crippen MR) is 33.4 cm³/mol. The highest BCUT2D eigenvalue weighted by Crippen LogP contribution is 1.82. The molecular formula is C5H11NO4. The summed E-state index contributed by atoms with van der Waals surface area (Å²) >= 11 is 0. The van der Waals surface area contributed by atoms with E-state index in [2.05, 4.69) is 14.8 Å². The Labute approximate surface area is 58.9 Å². The third-order valence-corrected chi connectivity index (χ3v) is 0.915. The molecule has 0 aliphatic rings. The Morgan fingerprint density at radius 1 is 1.70 bits per heavy atom. The summed E-state index contributed by atoms with van der Waals surface area (Å²) in [5, 5.41) is 10.7. The van der Waals surface area contributed by atoms with Gasteiger partial charge >= 0.3 is 6.09 Å². The summed E-state index contributed by atoms with van der Waals surface area (Å²) in [6, 6.07) is 0. The number of rotatable bonds is 3. The molecule has 10 heavy (non-hydrogen) atoms. The van der Waals surface area contributed by atoms with E-state index in [1.807, 2.05) is 0 Å². The van der Waals surface area contributed by atoms with Crippen LogP contribution in [0.5, 0.6) is 0 Å². The lowest BCUT2D eigenvalue weighted by molar-refractivity contribution is 0.0246. The third kappa shape index (κ3) is 3.26. The van der Waals surface area contributed by atoms with E-state index in [4.69, 9.17) is 5.11 Å². The van der Waals surface area contributed by atoms with Crippen molar-refractivity contribution >= 4 is 6.09 Å². The summed E-state index contributed by atoms with van der Waals surface area (Å²) in [4.78, 5) is 10.4. The summed E-state index contributed by atoms with van der Waals surface area (Å²) in [6.07, 6.45) is -1.31. The number of hydrogen-bond acceptors (Lipinski definition) is 4. The molecule has 0 aromatic rings. The van der Waals surface area contributed by atoms with Crippen LogP contribution in [-0.2, 0) is 9.47 Å². The Balaban J connectivity index is 3.52. The van der Waals surface area contributed by atoms with E-state index in [9.17, 15) is 4.79 Å². The lowest BCUT2D eigenvalue weighted by Gasteiger charge is -2.12. The minimum atomic E-state index is -0.688. The summed E-state index contributed by atoms with van der Waals surface area (Å²) in [5.74, 6) is 0. The molecule has 0 aromatic carbocycles. The van der Waals surface area contributed by atoms with E-state index in [0.717, 1.165) is 0 Å². The molecule has 5 nitrogen and oxygen atoms in total. The topological polar surface area (TPSA) is 67.8 Å². The van der Waals surface area contributed by atoms with Crippen molar-refractivity contribution in [3.63, 3.8) is 0 Å². The Hall–Kier alpha value is -0.810. The van der Waals surface area contributed by atoms with E-state index in [1.54, 1.807) is 0 Å². The van der Waals surface area contributed by atoms with E-state index >= 15 is 0 Å². The van der Waals surface area contributed by atoms with Gasteiger partial charge in [0.25, 0.3) is 0 Å². The Morgan fingerprint density at radius 2 is 2.30 bits per heavy atom. The fourth-order valence-electron chi connectivity index (χ4n) is 0.369. The average Bonchev–Trinajstić information content (AvgIpc) is 1.99. The molecule has 0 aliphatic carbocycles. The maximum atomic E-state index is 10.4. The SMILES string of the molecule is COC(=O)NC(CO)OC. The number of aliphatic hydroxyl groups is 1. The highest BCUT2D eigenvalue weighted by molar-refractivity contribution is 5.67. The molecule has 0 radical (unpaired) electrons. The van der Waals surface area contributed by atoms with E-state index in [1.165, 1.54) is 14.2 Å². The molecule has 1 atom stereocenters. The molecule has 0 aromatic heterocycles. The molecule has 2 N–H and O–H groups in total. The van der Waals surface area contributed by atoms with Crippen LogP contribution in [0.3, 0.4) is 0 Å². The number of amides is 1. The summed E-state index contributed by atoms with van der Waals surface area (Å²) < 4.78 is 8.85. The van der Waals surface area contributed by atoms with Gasteiger partial charge in [-0.25, -0.2) is 4.79 Å². The first kappa shape index (κ1) is 9.19. The van der Waals surface area contributed by atoms with Gasteiger partial charge in [-0.2, -0.15) is 0 Å². The number of carbonyl (C=O) groups excluding carboxylic acids is 1. The Kier molecular flexibility index (Phi) is 4.61. The van der Waals surface area contributed by atoms with Gasteiger partial charge in [0, 0.05) is 7.11 Å². The number of ether oxygens (including phenoxy) is 2. The van der Waals surface area contributed by atoms with Crippen molar-refractivity contribution in [2.45, 2.75) is 6.23 Å². The molecule has 0 bridgehead atoms. The molecule has 1 unspecified atom stereocenters. The van der Waals surface area contributed by atoms with Crippen LogP contribution in [-0.4, -0.2) is 38.3 Å². The first-order chi connectivity index (χ1) is 4.74. The van der Waals surface area contributed by atoms with Crippen molar-refractivity contribution in [2.24, 2.45) is 0 Å². The molecule has 0 saturated heterocycles. The fourth-order valence-corrected chi connectivity index (χ4v) is 0.369. The van der Waals surface area contributed by atoms with Gasteiger partial charge in [0.1, 0.15) is 0 Å². The van der Waals surface area contributed by atoms with Crippen LogP contribution in [0.2, 0.25) is 0 Å². The molecule has 1 amide bonds. The van der Waals surface area contributed by atoms with Gasteiger partial charge in [-0.3, -0.25) is 5.32 Å². The second-order valence-electron chi connectivity index (χ2n) is 1.54. The zero-order chi connectivity index (χ0) is 7.98. The molecule has 0 rings (SSSR count). The summed E-state index contributed by atoms with van der Waals surface area (Å²) in [7, 11) is 2.61. The zero-order valence-corrected chi connectivity index (χ0v) is 5.96. The van der Waals surface area contributed by atoms with Crippen LogP contribution in [0.15, 0.2) is 0 Å². The van der Waals surface area contributed by atoms with Crippen LogP contribution in [0.25, 0.3) is 0 Å². The molecule has 0 aliphatic heterocycles. The summed E-state index contributed by atoms with van der Waals surface area (Å²) in [6.45, 7) is -0.272. The molecule has 5 heteroatoms. The first-order valence-electron chi connectivity index (χ1n) is 2.72.